The van der Waals surface area contributed by atoms with Crippen molar-refractivity contribution in [2.45, 2.75) is 46.1 Å². The average molecular weight is 313 g/mol. The number of hydrogen-bond donors (Lipinski definition) is 2. The van der Waals surface area contributed by atoms with Crippen LogP contribution in [0.1, 0.15) is 57.2 Å². The van der Waals surface area contributed by atoms with E-state index in [0.717, 1.165) is 0 Å². The van der Waals surface area contributed by atoms with E-state index in [4.69, 9.17) is 0 Å². The summed E-state index contributed by atoms with van der Waals surface area (Å²) in [4.78, 5) is 11.9. The lowest BCUT2D eigenvalue weighted by Crippen LogP contribution is -2.33. The van der Waals surface area contributed by atoms with Crippen molar-refractivity contribution in [3.05, 3.63) is 35.4 Å². The van der Waals surface area contributed by atoms with E-state index in [1.54, 1.807) is 0 Å². The first-order valence-electron chi connectivity index (χ1n) is 7.49. The highest BCUT2D eigenvalue weighted by Crippen LogP contribution is 2.24. The fourth-order valence-electron chi connectivity index (χ4n) is 2.21. The fourth-order valence-corrected chi connectivity index (χ4v) is 2.21. The smallest absolute Gasteiger partial charge is 0.221 e. The average Bonchev–Trinajstić information content (AvgIpc) is 2.42. The predicted octanol–water partition coefficient (Wildman–Crippen LogP) is 3.65. The van der Waals surface area contributed by atoms with Crippen molar-refractivity contribution in [1.29, 1.82) is 0 Å². The van der Waals surface area contributed by atoms with Crippen LogP contribution in [-0.2, 0) is 4.79 Å². The van der Waals surface area contributed by atoms with Crippen LogP contribution in [0.4, 0.5) is 0 Å². The number of carbonyl (C=O) groups excluding carboxylic acids is 1. The number of benzene rings is 1. The second-order valence-corrected chi connectivity index (χ2v) is 5.96. The number of nitrogens with one attached hydrogen (secondary N) is 2. The molecule has 0 aromatic heterocycles. The van der Waals surface area contributed by atoms with Gasteiger partial charge in [-0.15, -0.1) is 12.4 Å². The van der Waals surface area contributed by atoms with Gasteiger partial charge in [0.15, 0.2) is 0 Å². The highest BCUT2D eigenvalue weighted by Gasteiger charge is 2.18. The van der Waals surface area contributed by atoms with E-state index < -0.39 is 0 Å². The van der Waals surface area contributed by atoms with Crippen LogP contribution in [-0.4, -0.2) is 19.5 Å². The largest absolute Gasteiger partial charge is 0.349 e. The van der Waals surface area contributed by atoms with Gasteiger partial charge in [0.05, 0.1) is 6.04 Å². The number of hydrogen-bond acceptors (Lipinski definition) is 2. The Kier molecular flexibility index (Phi) is 9.31. The van der Waals surface area contributed by atoms with E-state index in [2.05, 4.69) is 62.6 Å². The molecule has 1 amide bonds. The van der Waals surface area contributed by atoms with Gasteiger partial charge < -0.3 is 10.6 Å². The van der Waals surface area contributed by atoms with Gasteiger partial charge in [-0.05, 0) is 30.0 Å². The van der Waals surface area contributed by atoms with Crippen LogP contribution >= 0.6 is 12.4 Å². The number of carbonyl (C=O) groups is 1. The molecule has 0 saturated heterocycles. The van der Waals surface area contributed by atoms with E-state index in [0.29, 0.717) is 24.8 Å². The minimum Gasteiger partial charge on any atom is -0.349 e. The third-order valence-corrected chi connectivity index (χ3v) is 3.55. The summed E-state index contributed by atoms with van der Waals surface area (Å²) in [5.74, 6) is 1.01. The Morgan fingerprint density at radius 2 is 1.57 bits per heavy atom. The molecule has 0 aliphatic rings. The van der Waals surface area contributed by atoms with Gasteiger partial charge in [-0.2, -0.15) is 0 Å². The van der Waals surface area contributed by atoms with Gasteiger partial charge in [0.2, 0.25) is 5.91 Å². The van der Waals surface area contributed by atoms with Crippen molar-refractivity contribution < 1.29 is 4.79 Å². The Hall–Kier alpha value is -1.06. The Morgan fingerprint density at radius 1 is 1.05 bits per heavy atom. The third kappa shape index (κ3) is 6.49. The molecule has 3 nitrogen and oxygen atoms in total. The van der Waals surface area contributed by atoms with Crippen molar-refractivity contribution in [2.75, 3.05) is 13.6 Å². The van der Waals surface area contributed by atoms with Crippen LogP contribution in [0.2, 0.25) is 0 Å². The standard InChI is InChI=1S/C17H28N2O.ClH/c1-12(2)14-6-8-15(9-7-14)17(13(3)4)19-16(20)10-11-18-5;/h6-9,12-13,17-18H,10-11H2,1-5H3,(H,19,20);1H. The van der Waals surface area contributed by atoms with Crippen LogP contribution in [0.25, 0.3) is 0 Å². The van der Waals surface area contributed by atoms with Crippen LogP contribution in [0.15, 0.2) is 24.3 Å². The topological polar surface area (TPSA) is 41.1 Å². The summed E-state index contributed by atoms with van der Waals surface area (Å²) < 4.78 is 0. The van der Waals surface area contributed by atoms with Crippen molar-refractivity contribution in [2.24, 2.45) is 5.92 Å². The molecule has 1 atom stereocenters. The number of amides is 1. The van der Waals surface area contributed by atoms with Crippen molar-refractivity contribution >= 4 is 18.3 Å². The van der Waals surface area contributed by atoms with Crippen LogP contribution in [0.3, 0.4) is 0 Å². The normalized spacial score (nSPS) is 12.1. The monoisotopic (exact) mass is 312 g/mol. The first-order chi connectivity index (χ1) is 9.45. The van der Waals surface area contributed by atoms with Crippen LogP contribution in [0.5, 0.6) is 0 Å². The zero-order chi connectivity index (χ0) is 15.1. The highest BCUT2D eigenvalue weighted by molar-refractivity contribution is 5.85. The van der Waals surface area contributed by atoms with Gasteiger partial charge >= 0.3 is 0 Å². The van der Waals surface area contributed by atoms with Crippen LogP contribution < -0.4 is 10.6 Å². The lowest BCUT2D eigenvalue weighted by molar-refractivity contribution is -0.122. The molecule has 0 bridgehead atoms. The second-order valence-electron chi connectivity index (χ2n) is 5.96. The lowest BCUT2D eigenvalue weighted by Gasteiger charge is -2.23. The summed E-state index contributed by atoms with van der Waals surface area (Å²) in [6, 6.07) is 8.68. The highest BCUT2D eigenvalue weighted by atomic mass is 35.5. The first kappa shape index (κ1) is 19.9. The summed E-state index contributed by atoms with van der Waals surface area (Å²) in [5.41, 5.74) is 2.51. The summed E-state index contributed by atoms with van der Waals surface area (Å²) in [7, 11) is 1.86. The van der Waals surface area contributed by atoms with Crippen molar-refractivity contribution in [3.63, 3.8) is 0 Å². The van der Waals surface area contributed by atoms with E-state index >= 15 is 0 Å². The molecule has 1 aromatic carbocycles. The fraction of sp³-hybridized carbons (Fsp3) is 0.588. The van der Waals surface area contributed by atoms with E-state index in [9.17, 15) is 4.79 Å². The third-order valence-electron chi connectivity index (χ3n) is 3.55. The van der Waals surface area contributed by atoms with Gasteiger partial charge in [-0.3, -0.25) is 4.79 Å². The Labute approximate surface area is 135 Å². The number of rotatable bonds is 7. The minimum absolute atomic E-state index is 0. The molecular formula is C17H29ClN2O. The molecule has 0 radical (unpaired) electrons. The maximum absolute atomic E-state index is 11.9. The zero-order valence-corrected chi connectivity index (χ0v) is 14.6. The minimum atomic E-state index is 0. The van der Waals surface area contributed by atoms with Crippen molar-refractivity contribution in [3.8, 4) is 0 Å². The summed E-state index contributed by atoms with van der Waals surface area (Å²) in [5, 5.41) is 6.14. The Balaban J connectivity index is 0.00000400. The summed E-state index contributed by atoms with van der Waals surface area (Å²) in [6.07, 6.45) is 0.518. The summed E-state index contributed by atoms with van der Waals surface area (Å²) >= 11 is 0. The first-order valence-corrected chi connectivity index (χ1v) is 7.49. The SMILES string of the molecule is CNCCC(=O)NC(c1ccc(C(C)C)cc1)C(C)C.Cl. The lowest BCUT2D eigenvalue weighted by atomic mass is 9.93. The van der Waals surface area contributed by atoms with E-state index in [-0.39, 0.29) is 24.4 Å². The second kappa shape index (κ2) is 9.80. The van der Waals surface area contributed by atoms with Crippen molar-refractivity contribution in [1.82, 2.24) is 10.6 Å². The zero-order valence-electron chi connectivity index (χ0n) is 13.8. The molecule has 0 fully saturated rings. The van der Waals surface area contributed by atoms with E-state index in [1.807, 2.05) is 7.05 Å². The molecule has 0 aliphatic carbocycles. The predicted molar refractivity (Wildman–Crippen MR) is 92.0 cm³/mol. The molecule has 0 aliphatic heterocycles. The van der Waals surface area contributed by atoms with E-state index in [1.165, 1.54) is 11.1 Å². The van der Waals surface area contributed by atoms with Gasteiger partial charge in [-0.25, -0.2) is 0 Å². The molecule has 0 saturated carbocycles. The molecule has 0 spiro atoms. The van der Waals surface area contributed by atoms with Gasteiger partial charge in [0, 0.05) is 13.0 Å². The molecular weight excluding hydrogens is 284 g/mol. The molecule has 2 N–H and O–H groups in total. The molecule has 1 unspecified atom stereocenters. The van der Waals surface area contributed by atoms with Crippen LogP contribution in [0, 0.1) is 5.92 Å². The van der Waals surface area contributed by atoms with Gasteiger partial charge in [0.25, 0.3) is 0 Å². The molecule has 1 aromatic rings. The maximum atomic E-state index is 11.9. The van der Waals surface area contributed by atoms with Gasteiger partial charge in [0.1, 0.15) is 0 Å². The Bertz CT molecular complexity index is 415. The van der Waals surface area contributed by atoms with Gasteiger partial charge in [-0.1, -0.05) is 52.0 Å². The maximum Gasteiger partial charge on any atom is 0.221 e. The molecule has 1 rings (SSSR count). The summed E-state index contributed by atoms with van der Waals surface area (Å²) in [6.45, 7) is 9.37. The molecule has 0 heterocycles. The molecule has 120 valence electrons. The Morgan fingerprint density at radius 3 is 2.00 bits per heavy atom. The quantitative estimate of drug-likeness (QED) is 0.807. The number of halogens is 1. The molecule has 21 heavy (non-hydrogen) atoms. The molecule has 4 heteroatoms.